The molecule has 0 aliphatic carbocycles. The van der Waals surface area contributed by atoms with E-state index in [1.54, 1.807) is 0 Å². The second kappa shape index (κ2) is 6.17. The van der Waals surface area contributed by atoms with E-state index >= 15 is 0 Å². The average molecular weight is 237 g/mol. The molecule has 1 aromatic rings. The number of hydrogen-bond donors (Lipinski definition) is 1. The van der Waals surface area contributed by atoms with E-state index in [1.165, 1.54) is 19.3 Å². The molecule has 17 heavy (non-hydrogen) atoms. The first-order chi connectivity index (χ1) is 8.31. The molecule has 1 aliphatic rings. The third kappa shape index (κ3) is 3.30. The summed E-state index contributed by atoms with van der Waals surface area (Å²) < 4.78 is 7.53. The van der Waals surface area contributed by atoms with E-state index in [1.807, 2.05) is 12.4 Å². The zero-order chi connectivity index (χ0) is 12.1. The van der Waals surface area contributed by atoms with Crippen LogP contribution in [0.3, 0.4) is 0 Å². The van der Waals surface area contributed by atoms with Crippen LogP contribution in [0.15, 0.2) is 12.4 Å². The van der Waals surface area contributed by atoms with E-state index in [2.05, 4.69) is 28.8 Å². The van der Waals surface area contributed by atoms with Gasteiger partial charge in [0.1, 0.15) is 5.82 Å². The lowest BCUT2D eigenvalue weighted by Crippen LogP contribution is -2.28. The molecule has 1 aliphatic heterocycles. The van der Waals surface area contributed by atoms with Crippen LogP contribution in [0, 0.1) is 5.92 Å². The number of hydrogen-bond acceptors (Lipinski definition) is 3. The molecule has 1 saturated heterocycles. The average Bonchev–Trinajstić information content (AvgIpc) is 2.76. The first-order valence-electron chi connectivity index (χ1n) is 6.59. The monoisotopic (exact) mass is 237 g/mol. The summed E-state index contributed by atoms with van der Waals surface area (Å²) in [6.07, 6.45) is 7.44. The molecule has 0 radical (unpaired) electrons. The van der Waals surface area contributed by atoms with E-state index in [4.69, 9.17) is 4.74 Å². The van der Waals surface area contributed by atoms with Crippen LogP contribution in [0.1, 0.15) is 38.1 Å². The third-order valence-electron chi connectivity index (χ3n) is 3.53. The Morgan fingerprint density at radius 1 is 1.53 bits per heavy atom. The van der Waals surface area contributed by atoms with Crippen molar-refractivity contribution in [3.63, 3.8) is 0 Å². The van der Waals surface area contributed by atoms with Crippen molar-refractivity contribution < 1.29 is 4.74 Å². The van der Waals surface area contributed by atoms with Crippen molar-refractivity contribution in [2.75, 3.05) is 19.8 Å². The largest absolute Gasteiger partial charge is 0.381 e. The third-order valence-corrected chi connectivity index (χ3v) is 3.53. The van der Waals surface area contributed by atoms with Crippen molar-refractivity contribution in [2.24, 2.45) is 13.0 Å². The molecule has 1 unspecified atom stereocenters. The van der Waals surface area contributed by atoms with E-state index < -0.39 is 0 Å². The smallest absolute Gasteiger partial charge is 0.125 e. The van der Waals surface area contributed by atoms with Gasteiger partial charge in [-0.25, -0.2) is 4.98 Å². The maximum Gasteiger partial charge on any atom is 0.125 e. The van der Waals surface area contributed by atoms with E-state index in [0.29, 0.717) is 6.04 Å². The summed E-state index contributed by atoms with van der Waals surface area (Å²) in [6.45, 7) is 4.98. The zero-order valence-electron chi connectivity index (χ0n) is 10.9. The summed E-state index contributed by atoms with van der Waals surface area (Å²) >= 11 is 0. The van der Waals surface area contributed by atoms with Gasteiger partial charge in [0, 0.05) is 32.7 Å². The van der Waals surface area contributed by atoms with Gasteiger partial charge in [0.15, 0.2) is 0 Å². The van der Waals surface area contributed by atoms with Crippen LogP contribution < -0.4 is 5.32 Å². The lowest BCUT2D eigenvalue weighted by atomic mass is 9.92. The lowest BCUT2D eigenvalue weighted by Gasteiger charge is -2.26. The Morgan fingerprint density at radius 3 is 2.88 bits per heavy atom. The number of ether oxygens (including phenoxy) is 1. The fourth-order valence-electron chi connectivity index (χ4n) is 2.55. The Bertz CT molecular complexity index is 331. The van der Waals surface area contributed by atoms with Crippen LogP contribution in [-0.2, 0) is 11.8 Å². The Labute approximate surface area is 103 Å². The molecule has 4 heteroatoms. The summed E-state index contributed by atoms with van der Waals surface area (Å²) in [5, 5.41) is 3.55. The fourth-order valence-corrected chi connectivity index (χ4v) is 2.55. The minimum absolute atomic E-state index is 0.378. The van der Waals surface area contributed by atoms with Crippen LogP contribution in [0.4, 0.5) is 0 Å². The zero-order valence-corrected chi connectivity index (χ0v) is 10.9. The number of aryl methyl sites for hydroxylation is 1. The predicted octanol–water partition coefficient (Wildman–Crippen LogP) is 1.89. The van der Waals surface area contributed by atoms with Gasteiger partial charge in [-0.3, -0.25) is 0 Å². The van der Waals surface area contributed by atoms with Crippen molar-refractivity contribution in [2.45, 2.75) is 32.2 Å². The number of rotatable bonds is 5. The molecule has 4 nitrogen and oxygen atoms in total. The highest BCUT2D eigenvalue weighted by molar-refractivity contribution is 4.99. The van der Waals surface area contributed by atoms with Gasteiger partial charge in [0.25, 0.3) is 0 Å². The number of imidazole rings is 1. The Balaban J connectivity index is 1.99. The fraction of sp³-hybridized carbons (Fsp3) is 0.769. The van der Waals surface area contributed by atoms with Gasteiger partial charge in [-0.05, 0) is 31.7 Å². The van der Waals surface area contributed by atoms with Gasteiger partial charge in [0.2, 0.25) is 0 Å². The molecule has 0 bridgehead atoms. The van der Waals surface area contributed by atoms with Crippen LogP contribution in [-0.4, -0.2) is 29.3 Å². The maximum atomic E-state index is 5.41. The minimum Gasteiger partial charge on any atom is -0.381 e. The molecule has 0 amide bonds. The van der Waals surface area contributed by atoms with Gasteiger partial charge < -0.3 is 14.6 Å². The molecule has 96 valence electrons. The Hall–Kier alpha value is -0.870. The molecule has 2 heterocycles. The van der Waals surface area contributed by atoms with Crippen LogP contribution >= 0.6 is 0 Å². The maximum absolute atomic E-state index is 5.41. The van der Waals surface area contributed by atoms with E-state index in [9.17, 15) is 0 Å². The first-order valence-corrected chi connectivity index (χ1v) is 6.59. The van der Waals surface area contributed by atoms with E-state index in [-0.39, 0.29) is 0 Å². The van der Waals surface area contributed by atoms with Crippen molar-refractivity contribution in [1.29, 1.82) is 0 Å². The highest BCUT2D eigenvalue weighted by Crippen LogP contribution is 2.26. The number of aromatic nitrogens is 2. The highest BCUT2D eigenvalue weighted by Gasteiger charge is 2.22. The summed E-state index contributed by atoms with van der Waals surface area (Å²) in [4.78, 5) is 4.47. The summed E-state index contributed by atoms with van der Waals surface area (Å²) in [5.41, 5.74) is 0. The van der Waals surface area contributed by atoms with Gasteiger partial charge in [-0.2, -0.15) is 0 Å². The van der Waals surface area contributed by atoms with Crippen molar-refractivity contribution >= 4 is 0 Å². The van der Waals surface area contributed by atoms with E-state index in [0.717, 1.165) is 31.5 Å². The van der Waals surface area contributed by atoms with Gasteiger partial charge >= 0.3 is 0 Å². The number of nitrogens with one attached hydrogen (secondary N) is 1. The van der Waals surface area contributed by atoms with Crippen molar-refractivity contribution in [3.05, 3.63) is 18.2 Å². The van der Waals surface area contributed by atoms with Crippen molar-refractivity contribution in [1.82, 2.24) is 14.9 Å². The van der Waals surface area contributed by atoms with Gasteiger partial charge in [0.05, 0.1) is 6.04 Å². The molecular weight excluding hydrogens is 214 g/mol. The van der Waals surface area contributed by atoms with Gasteiger partial charge in [-0.15, -0.1) is 0 Å². The molecule has 1 fully saturated rings. The second-order valence-electron chi connectivity index (χ2n) is 4.80. The minimum atomic E-state index is 0.378. The molecule has 0 spiro atoms. The molecule has 1 N–H and O–H groups in total. The quantitative estimate of drug-likeness (QED) is 0.850. The van der Waals surface area contributed by atoms with Crippen molar-refractivity contribution in [3.8, 4) is 0 Å². The molecule has 1 atom stereocenters. The summed E-state index contributed by atoms with van der Waals surface area (Å²) in [7, 11) is 2.07. The molecule has 0 aromatic carbocycles. The summed E-state index contributed by atoms with van der Waals surface area (Å²) in [6, 6.07) is 0.378. The highest BCUT2D eigenvalue weighted by atomic mass is 16.5. The Kier molecular flexibility index (Phi) is 4.57. The topological polar surface area (TPSA) is 39.1 Å². The van der Waals surface area contributed by atoms with Gasteiger partial charge in [-0.1, -0.05) is 6.92 Å². The predicted molar refractivity (Wildman–Crippen MR) is 67.8 cm³/mol. The van der Waals surface area contributed by atoms with Crippen LogP contribution in [0.2, 0.25) is 0 Å². The molecule has 0 saturated carbocycles. The standard InChI is InChI=1S/C13H23N3O/c1-3-14-12(13-15-6-7-16(13)2)10-11-4-8-17-9-5-11/h6-7,11-12,14H,3-5,8-10H2,1-2H3. The second-order valence-corrected chi connectivity index (χ2v) is 4.80. The van der Waals surface area contributed by atoms with Crippen LogP contribution in [0.25, 0.3) is 0 Å². The van der Waals surface area contributed by atoms with Crippen LogP contribution in [0.5, 0.6) is 0 Å². The first kappa shape index (κ1) is 12.6. The molecule has 2 rings (SSSR count). The lowest BCUT2D eigenvalue weighted by molar-refractivity contribution is 0.0601. The number of nitrogens with zero attached hydrogens (tertiary/aromatic N) is 2. The normalized spacial score (nSPS) is 19.4. The Morgan fingerprint density at radius 2 is 2.29 bits per heavy atom. The molecule has 1 aromatic heterocycles. The molecular formula is C13H23N3O. The SMILES string of the molecule is CCNC(CC1CCOCC1)c1nccn1C. The summed E-state index contributed by atoms with van der Waals surface area (Å²) in [5.74, 6) is 1.92.